The van der Waals surface area contributed by atoms with Gasteiger partial charge >= 0.3 is 5.97 Å². The molecule has 1 saturated heterocycles. The van der Waals surface area contributed by atoms with Gasteiger partial charge in [-0.3, -0.25) is 9.59 Å². The van der Waals surface area contributed by atoms with Crippen LogP contribution in [0.3, 0.4) is 0 Å². The van der Waals surface area contributed by atoms with Gasteiger partial charge in [0.05, 0.1) is 6.42 Å². The molecule has 0 radical (unpaired) electrons. The molecular weight excluding hydrogens is 208 g/mol. The van der Waals surface area contributed by atoms with Crippen LogP contribution >= 0.6 is 0 Å². The fourth-order valence-electron chi connectivity index (χ4n) is 2.08. The predicted octanol–water partition coefficient (Wildman–Crippen LogP) is 0.437. The van der Waals surface area contributed by atoms with E-state index in [1.165, 1.54) is 0 Å². The Morgan fingerprint density at radius 1 is 1.56 bits per heavy atom. The minimum Gasteiger partial charge on any atom is -0.481 e. The van der Waals surface area contributed by atoms with Crippen LogP contribution in [0.4, 0.5) is 0 Å². The Labute approximate surface area is 95.6 Å². The summed E-state index contributed by atoms with van der Waals surface area (Å²) in [7, 11) is 0. The highest BCUT2D eigenvalue weighted by molar-refractivity contribution is 5.78. The fraction of sp³-hybridized carbons (Fsp3) is 0.818. The van der Waals surface area contributed by atoms with Gasteiger partial charge in [0.2, 0.25) is 5.91 Å². The number of carboxylic acid groups (broad SMARTS) is 1. The van der Waals surface area contributed by atoms with E-state index >= 15 is 0 Å². The highest BCUT2D eigenvalue weighted by Crippen LogP contribution is 2.21. The number of amides is 1. The van der Waals surface area contributed by atoms with Crippen molar-refractivity contribution >= 4 is 11.9 Å². The smallest absolute Gasteiger partial charge is 0.305 e. The maximum absolute atomic E-state index is 11.9. The molecule has 0 aromatic heterocycles. The maximum atomic E-state index is 11.9. The molecular formula is C11H20N2O3. The average molecular weight is 228 g/mol. The van der Waals surface area contributed by atoms with Gasteiger partial charge in [0.1, 0.15) is 0 Å². The lowest BCUT2D eigenvalue weighted by Gasteiger charge is -2.24. The van der Waals surface area contributed by atoms with Gasteiger partial charge in [-0.25, -0.2) is 0 Å². The molecule has 3 N–H and O–H groups in total. The van der Waals surface area contributed by atoms with Gasteiger partial charge in [-0.05, 0) is 25.3 Å². The molecule has 1 aliphatic rings. The van der Waals surface area contributed by atoms with E-state index in [1.807, 2.05) is 6.92 Å². The number of carbonyl (C=O) groups excluding carboxylic acids is 1. The summed E-state index contributed by atoms with van der Waals surface area (Å²) < 4.78 is 0. The molecule has 2 atom stereocenters. The Balaban J connectivity index is 2.50. The standard InChI is InChI=1S/C11H20N2O3/c1-8(7-12)5-10(14)13-4-2-3-9(13)6-11(15)16/h8-9H,2-7,12H2,1H3,(H,15,16). The third-order valence-electron chi connectivity index (χ3n) is 3.03. The number of carboxylic acids is 1. The van der Waals surface area contributed by atoms with Gasteiger partial charge in [-0.1, -0.05) is 6.92 Å². The zero-order chi connectivity index (χ0) is 12.1. The minimum atomic E-state index is -0.837. The summed E-state index contributed by atoms with van der Waals surface area (Å²) >= 11 is 0. The molecule has 1 fully saturated rings. The quantitative estimate of drug-likeness (QED) is 0.715. The second-order valence-corrected chi connectivity index (χ2v) is 4.53. The highest BCUT2D eigenvalue weighted by atomic mass is 16.4. The second kappa shape index (κ2) is 5.84. The van der Waals surface area contributed by atoms with Crippen molar-refractivity contribution in [2.24, 2.45) is 11.7 Å². The van der Waals surface area contributed by atoms with Crippen LogP contribution in [-0.4, -0.2) is 41.0 Å². The van der Waals surface area contributed by atoms with Crippen LogP contribution in [0.15, 0.2) is 0 Å². The number of nitrogens with zero attached hydrogens (tertiary/aromatic N) is 1. The second-order valence-electron chi connectivity index (χ2n) is 4.53. The maximum Gasteiger partial charge on any atom is 0.305 e. The first-order valence-electron chi connectivity index (χ1n) is 5.76. The van der Waals surface area contributed by atoms with E-state index in [-0.39, 0.29) is 24.3 Å². The minimum absolute atomic E-state index is 0.0432. The van der Waals surface area contributed by atoms with Crippen LogP contribution in [-0.2, 0) is 9.59 Å². The third kappa shape index (κ3) is 3.48. The first-order valence-corrected chi connectivity index (χ1v) is 5.76. The van der Waals surface area contributed by atoms with Crippen molar-refractivity contribution in [3.63, 3.8) is 0 Å². The van der Waals surface area contributed by atoms with E-state index in [0.717, 1.165) is 12.8 Å². The van der Waals surface area contributed by atoms with Crippen molar-refractivity contribution < 1.29 is 14.7 Å². The van der Waals surface area contributed by atoms with E-state index in [4.69, 9.17) is 10.8 Å². The molecule has 5 heteroatoms. The summed E-state index contributed by atoms with van der Waals surface area (Å²) in [5.74, 6) is -0.628. The lowest BCUT2D eigenvalue weighted by Crippen LogP contribution is -2.38. The first kappa shape index (κ1) is 13.0. The SMILES string of the molecule is CC(CN)CC(=O)N1CCCC1CC(=O)O. The topological polar surface area (TPSA) is 83.6 Å². The Hall–Kier alpha value is -1.10. The Bertz CT molecular complexity index is 268. The summed E-state index contributed by atoms with van der Waals surface area (Å²) in [5, 5.41) is 8.74. The summed E-state index contributed by atoms with van der Waals surface area (Å²) in [6.45, 7) is 3.11. The molecule has 5 nitrogen and oxygen atoms in total. The normalized spacial score (nSPS) is 22.1. The molecule has 0 aliphatic carbocycles. The van der Waals surface area contributed by atoms with Crippen molar-refractivity contribution in [1.29, 1.82) is 0 Å². The van der Waals surface area contributed by atoms with Gasteiger partial charge in [0.25, 0.3) is 0 Å². The van der Waals surface area contributed by atoms with Crippen LogP contribution in [0.2, 0.25) is 0 Å². The number of hydrogen-bond acceptors (Lipinski definition) is 3. The zero-order valence-electron chi connectivity index (χ0n) is 9.69. The summed E-state index contributed by atoms with van der Waals surface area (Å²) in [5.41, 5.74) is 5.47. The van der Waals surface area contributed by atoms with Gasteiger partial charge in [-0.2, -0.15) is 0 Å². The van der Waals surface area contributed by atoms with Gasteiger partial charge < -0.3 is 15.7 Å². The van der Waals surface area contributed by atoms with E-state index in [9.17, 15) is 9.59 Å². The number of nitrogens with two attached hydrogens (primary N) is 1. The summed E-state index contributed by atoms with van der Waals surface area (Å²) in [6.07, 6.45) is 2.19. The third-order valence-corrected chi connectivity index (χ3v) is 3.03. The predicted molar refractivity (Wildman–Crippen MR) is 59.8 cm³/mol. The van der Waals surface area contributed by atoms with Crippen molar-refractivity contribution in [2.75, 3.05) is 13.1 Å². The molecule has 92 valence electrons. The van der Waals surface area contributed by atoms with Crippen molar-refractivity contribution in [2.45, 2.75) is 38.6 Å². The van der Waals surface area contributed by atoms with Crippen molar-refractivity contribution in [1.82, 2.24) is 4.90 Å². The molecule has 0 saturated carbocycles. The monoisotopic (exact) mass is 228 g/mol. The molecule has 0 aromatic carbocycles. The van der Waals surface area contributed by atoms with E-state index in [2.05, 4.69) is 0 Å². The van der Waals surface area contributed by atoms with E-state index in [1.54, 1.807) is 4.90 Å². The average Bonchev–Trinajstić information content (AvgIpc) is 2.64. The van der Waals surface area contributed by atoms with Gasteiger partial charge in [-0.15, -0.1) is 0 Å². The fourth-order valence-corrected chi connectivity index (χ4v) is 2.08. The molecule has 0 aromatic rings. The number of hydrogen-bond donors (Lipinski definition) is 2. The van der Waals surface area contributed by atoms with Crippen LogP contribution in [0.25, 0.3) is 0 Å². The summed E-state index contributed by atoms with van der Waals surface area (Å²) in [6, 6.07) is -0.116. The van der Waals surface area contributed by atoms with E-state index in [0.29, 0.717) is 19.5 Å². The molecule has 2 unspecified atom stereocenters. The van der Waals surface area contributed by atoms with Crippen LogP contribution in [0.1, 0.15) is 32.6 Å². The first-order chi connectivity index (χ1) is 7.54. The number of rotatable bonds is 5. The van der Waals surface area contributed by atoms with Crippen LogP contribution < -0.4 is 5.73 Å². The molecule has 1 rings (SSSR count). The lowest BCUT2D eigenvalue weighted by atomic mass is 10.1. The molecule has 1 aliphatic heterocycles. The molecule has 0 spiro atoms. The van der Waals surface area contributed by atoms with Crippen molar-refractivity contribution in [3.8, 4) is 0 Å². The van der Waals surface area contributed by atoms with Gasteiger partial charge in [0, 0.05) is 19.0 Å². The molecule has 0 bridgehead atoms. The Kier molecular flexibility index (Phi) is 4.73. The number of aliphatic carboxylic acids is 1. The molecule has 1 heterocycles. The molecule has 1 amide bonds. The Morgan fingerprint density at radius 2 is 2.25 bits per heavy atom. The number of carbonyl (C=O) groups is 2. The Morgan fingerprint density at radius 3 is 2.81 bits per heavy atom. The zero-order valence-corrected chi connectivity index (χ0v) is 9.69. The van der Waals surface area contributed by atoms with Crippen LogP contribution in [0, 0.1) is 5.92 Å². The van der Waals surface area contributed by atoms with Crippen LogP contribution in [0.5, 0.6) is 0 Å². The highest BCUT2D eigenvalue weighted by Gasteiger charge is 2.30. The lowest BCUT2D eigenvalue weighted by molar-refractivity contribution is -0.140. The largest absolute Gasteiger partial charge is 0.481 e. The summed E-state index contributed by atoms with van der Waals surface area (Å²) in [4.78, 5) is 24.2. The number of likely N-dealkylation sites (tertiary alicyclic amines) is 1. The van der Waals surface area contributed by atoms with Gasteiger partial charge in [0.15, 0.2) is 0 Å². The molecule has 16 heavy (non-hydrogen) atoms. The van der Waals surface area contributed by atoms with E-state index < -0.39 is 5.97 Å². The van der Waals surface area contributed by atoms with Crippen molar-refractivity contribution in [3.05, 3.63) is 0 Å².